The molecule has 1 saturated heterocycles. The van der Waals surface area contributed by atoms with Crippen molar-refractivity contribution in [1.29, 1.82) is 0 Å². The quantitative estimate of drug-likeness (QED) is 0.757. The fourth-order valence-corrected chi connectivity index (χ4v) is 1.78. The zero-order valence-corrected chi connectivity index (χ0v) is 8.14. The molecule has 1 heterocycles. The summed E-state index contributed by atoms with van der Waals surface area (Å²) in [5, 5.41) is 7.53. The van der Waals surface area contributed by atoms with Gasteiger partial charge in [-0.1, -0.05) is 17.7 Å². The molecule has 0 radical (unpaired) electrons. The fourth-order valence-electron chi connectivity index (χ4n) is 1.59. The standard InChI is InChI=1S/C10H13ClN2/c11-8-2-1-3-9(6-8)13-10-4-5-12-7-10/h1-3,6,10,12-13H,4-5,7H2. The average Bonchev–Trinajstić information content (AvgIpc) is 2.57. The Morgan fingerprint density at radius 3 is 3.08 bits per heavy atom. The van der Waals surface area contributed by atoms with E-state index in [4.69, 9.17) is 11.6 Å². The van der Waals surface area contributed by atoms with Crippen LogP contribution in [-0.4, -0.2) is 19.1 Å². The van der Waals surface area contributed by atoms with Crippen molar-refractivity contribution in [3.8, 4) is 0 Å². The highest BCUT2D eigenvalue weighted by Gasteiger charge is 2.13. The van der Waals surface area contributed by atoms with Crippen LogP contribution in [0.3, 0.4) is 0 Å². The van der Waals surface area contributed by atoms with Crippen molar-refractivity contribution in [2.45, 2.75) is 12.5 Å². The molecule has 1 atom stereocenters. The van der Waals surface area contributed by atoms with Crippen LogP contribution >= 0.6 is 11.6 Å². The minimum atomic E-state index is 0.554. The number of hydrogen-bond donors (Lipinski definition) is 2. The van der Waals surface area contributed by atoms with E-state index in [1.54, 1.807) is 0 Å². The topological polar surface area (TPSA) is 24.1 Å². The maximum Gasteiger partial charge on any atom is 0.0426 e. The van der Waals surface area contributed by atoms with Crippen molar-refractivity contribution in [3.63, 3.8) is 0 Å². The first-order valence-electron chi connectivity index (χ1n) is 4.57. The van der Waals surface area contributed by atoms with E-state index in [2.05, 4.69) is 10.6 Å². The van der Waals surface area contributed by atoms with Gasteiger partial charge in [-0.3, -0.25) is 0 Å². The van der Waals surface area contributed by atoms with Gasteiger partial charge in [0, 0.05) is 23.3 Å². The van der Waals surface area contributed by atoms with E-state index in [1.165, 1.54) is 6.42 Å². The summed E-state index contributed by atoms with van der Waals surface area (Å²) < 4.78 is 0. The van der Waals surface area contributed by atoms with Gasteiger partial charge in [-0.05, 0) is 31.2 Å². The first-order valence-corrected chi connectivity index (χ1v) is 4.95. The van der Waals surface area contributed by atoms with E-state index in [0.29, 0.717) is 6.04 Å². The first-order chi connectivity index (χ1) is 6.34. The van der Waals surface area contributed by atoms with Crippen molar-refractivity contribution in [3.05, 3.63) is 29.3 Å². The first kappa shape index (κ1) is 8.85. The van der Waals surface area contributed by atoms with Gasteiger partial charge in [0.1, 0.15) is 0 Å². The van der Waals surface area contributed by atoms with Crippen molar-refractivity contribution >= 4 is 17.3 Å². The minimum Gasteiger partial charge on any atom is -0.381 e. The Balaban J connectivity index is 2.00. The number of benzene rings is 1. The Labute approximate surface area is 83.3 Å². The van der Waals surface area contributed by atoms with Crippen LogP contribution in [0.4, 0.5) is 5.69 Å². The lowest BCUT2D eigenvalue weighted by Gasteiger charge is -2.12. The Bertz CT molecular complexity index is 282. The SMILES string of the molecule is Clc1cccc(NC2CCNC2)c1. The van der Waals surface area contributed by atoms with E-state index in [-0.39, 0.29) is 0 Å². The molecule has 0 spiro atoms. The number of halogens is 1. The Morgan fingerprint density at radius 2 is 2.38 bits per heavy atom. The van der Waals surface area contributed by atoms with E-state index in [1.807, 2.05) is 24.3 Å². The van der Waals surface area contributed by atoms with Gasteiger partial charge in [0.15, 0.2) is 0 Å². The summed E-state index contributed by atoms with van der Waals surface area (Å²) in [5.41, 5.74) is 1.11. The third-order valence-electron chi connectivity index (χ3n) is 2.26. The maximum absolute atomic E-state index is 5.87. The smallest absolute Gasteiger partial charge is 0.0426 e. The minimum absolute atomic E-state index is 0.554. The van der Waals surface area contributed by atoms with Gasteiger partial charge in [-0.2, -0.15) is 0 Å². The molecule has 0 saturated carbocycles. The molecule has 70 valence electrons. The molecule has 0 aliphatic carbocycles. The molecule has 0 aromatic heterocycles. The number of nitrogens with one attached hydrogen (secondary N) is 2. The van der Waals surface area contributed by atoms with E-state index in [0.717, 1.165) is 23.8 Å². The Morgan fingerprint density at radius 1 is 1.46 bits per heavy atom. The lowest BCUT2D eigenvalue weighted by Crippen LogP contribution is -2.21. The molecule has 13 heavy (non-hydrogen) atoms. The Hall–Kier alpha value is -0.730. The Kier molecular flexibility index (Phi) is 2.71. The maximum atomic E-state index is 5.87. The lowest BCUT2D eigenvalue weighted by molar-refractivity contribution is 0.793. The van der Waals surface area contributed by atoms with Crippen LogP contribution in [-0.2, 0) is 0 Å². The molecule has 1 aliphatic rings. The van der Waals surface area contributed by atoms with Crippen LogP contribution in [0.15, 0.2) is 24.3 Å². The predicted molar refractivity (Wildman–Crippen MR) is 56.3 cm³/mol. The zero-order chi connectivity index (χ0) is 9.10. The van der Waals surface area contributed by atoms with Crippen LogP contribution in [0, 0.1) is 0 Å². The molecular weight excluding hydrogens is 184 g/mol. The molecule has 1 aromatic rings. The second kappa shape index (κ2) is 3.99. The summed E-state index contributed by atoms with van der Waals surface area (Å²) in [6.45, 7) is 2.16. The van der Waals surface area contributed by atoms with E-state index in [9.17, 15) is 0 Å². The molecule has 2 N–H and O–H groups in total. The van der Waals surface area contributed by atoms with Gasteiger partial charge in [-0.15, -0.1) is 0 Å². The average molecular weight is 197 g/mol. The normalized spacial score (nSPS) is 21.8. The molecule has 1 fully saturated rings. The summed E-state index contributed by atoms with van der Waals surface area (Å²) in [5.74, 6) is 0. The summed E-state index contributed by atoms with van der Waals surface area (Å²) in [4.78, 5) is 0. The summed E-state index contributed by atoms with van der Waals surface area (Å²) in [7, 11) is 0. The van der Waals surface area contributed by atoms with Crippen molar-refractivity contribution in [1.82, 2.24) is 5.32 Å². The van der Waals surface area contributed by atoms with Gasteiger partial charge in [0.25, 0.3) is 0 Å². The van der Waals surface area contributed by atoms with Crippen molar-refractivity contribution in [2.24, 2.45) is 0 Å². The van der Waals surface area contributed by atoms with Crippen LogP contribution in [0.5, 0.6) is 0 Å². The molecule has 1 aromatic carbocycles. The predicted octanol–water partition coefficient (Wildman–Crippen LogP) is 2.11. The third kappa shape index (κ3) is 2.36. The van der Waals surface area contributed by atoms with Crippen LogP contribution in [0.2, 0.25) is 5.02 Å². The highest BCUT2D eigenvalue weighted by atomic mass is 35.5. The van der Waals surface area contributed by atoms with Crippen molar-refractivity contribution < 1.29 is 0 Å². The highest BCUT2D eigenvalue weighted by Crippen LogP contribution is 2.16. The summed E-state index contributed by atoms with van der Waals surface area (Å²) in [6, 6.07) is 8.41. The van der Waals surface area contributed by atoms with Gasteiger partial charge >= 0.3 is 0 Å². The fraction of sp³-hybridized carbons (Fsp3) is 0.400. The molecule has 0 amide bonds. The molecule has 1 aliphatic heterocycles. The van der Waals surface area contributed by atoms with Crippen molar-refractivity contribution in [2.75, 3.05) is 18.4 Å². The molecule has 2 rings (SSSR count). The number of hydrogen-bond acceptors (Lipinski definition) is 2. The van der Waals surface area contributed by atoms with E-state index >= 15 is 0 Å². The largest absolute Gasteiger partial charge is 0.381 e. The second-order valence-corrected chi connectivity index (χ2v) is 3.78. The highest BCUT2D eigenvalue weighted by molar-refractivity contribution is 6.30. The summed E-state index contributed by atoms with van der Waals surface area (Å²) >= 11 is 5.87. The molecule has 0 bridgehead atoms. The lowest BCUT2D eigenvalue weighted by atomic mass is 10.2. The summed E-state index contributed by atoms with van der Waals surface area (Å²) in [6.07, 6.45) is 1.19. The molecule has 2 nitrogen and oxygen atoms in total. The van der Waals surface area contributed by atoms with Crippen LogP contribution in [0.25, 0.3) is 0 Å². The third-order valence-corrected chi connectivity index (χ3v) is 2.49. The monoisotopic (exact) mass is 196 g/mol. The van der Waals surface area contributed by atoms with Gasteiger partial charge < -0.3 is 10.6 Å². The zero-order valence-electron chi connectivity index (χ0n) is 7.39. The van der Waals surface area contributed by atoms with Gasteiger partial charge in [-0.25, -0.2) is 0 Å². The van der Waals surface area contributed by atoms with Crippen LogP contribution in [0.1, 0.15) is 6.42 Å². The second-order valence-electron chi connectivity index (χ2n) is 3.34. The molecular formula is C10H13ClN2. The van der Waals surface area contributed by atoms with E-state index < -0.39 is 0 Å². The molecule has 3 heteroatoms. The molecule has 1 unspecified atom stereocenters. The van der Waals surface area contributed by atoms with Gasteiger partial charge in [0.2, 0.25) is 0 Å². The van der Waals surface area contributed by atoms with Crippen LogP contribution < -0.4 is 10.6 Å². The number of rotatable bonds is 2. The van der Waals surface area contributed by atoms with Gasteiger partial charge in [0.05, 0.1) is 0 Å². The number of anilines is 1.